The van der Waals surface area contributed by atoms with E-state index in [2.05, 4.69) is 26.1 Å². The van der Waals surface area contributed by atoms with Gasteiger partial charge in [0.15, 0.2) is 5.13 Å². The quantitative estimate of drug-likeness (QED) is 0.295. The summed E-state index contributed by atoms with van der Waals surface area (Å²) in [5.74, 6) is 1.43. The van der Waals surface area contributed by atoms with E-state index in [9.17, 15) is 0 Å². The van der Waals surface area contributed by atoms with Gasteiger partial charge in [0, 0.05) is 48.7 Å². The molecule has 6 nitrogen and oxygen atoms in total. The van der Waals surface area contributed by atoms with Crippen molar-refractivity contribution in [2.75, 3.05) is 18.0 Å². The number of halogens is 2. The maximum atomic E-state index is 6.49. The minimum atomic E-state index is 0.224. The lowest BCUT2D eigenvalue weighted by molar-refractivity contribution is 0.277. The first-order valence-corrected chi connectivity index (χ1v) is 13.1. The zero-order chi connectivity index (χ0) is 22.9. The van der Waals surface area contributed by atoms with Crippen molar-refractivity contribution >= 4 is 55.6 Å². The number of fused-ring (bicyclic) bond motifs is 1. The van der Waals surface area contributed by atoms with E-state index in [1.807, 2.05) is 18.3 Å². The van der Waals surface area contributed by atoms with Crippen molar-refractivity contribution in [3.8, 4) is 11.3 Å². The molecule has 4 aromatic heterocycles. The standard InChI is InChI=1S/C25H21Cl2N5OS/c26-16-12-28-13-17(27)20(16)21-19(22(33-31-21)14-3-4-14)15-10-25(11-15)5-8-32(9-6-25)24-30-18-2-1-7-29-23(18)34-24/h1-2,7,10,12-14H,3-6,8-9,11H2. The summed E-state index contributed by atoms with van der Waals surface area (Å²) in [4.78, 5) is 16.8. The first kappa shape index (κ1) is 20.9. The number of thiazole rings is 1. The Hall–Kier alpha value is -2.48. The van der Waals surface area contributed by atoms with E-state index in [0.29, 0.717) is 21.5 Å². The lowest BCUT2D eigenvalue weighted by Gasteiger charge is -2.46. The van der Waals surface area contributed by atoms with Gasteiger partial charge in [-0.25, -0.2) is 9.97 Å². The Morgan fingerprint density at radius 1 is 1.09 bits per heavy atom. The Morgan fingerprint density at radius 3 is 2.56 bits per heavy atom. The van der Waals surface area contributed by atoms with Crippen LogP contribution in [0, 0.1) is 5.41 Å². The van der Waals surface area contributed by atoms with Crippen molar-refractivity contribution < 1.29 is 4.52 Å². The van der Waals surface area contributed by atoms with Gasteiger partial charge in [0.1, 0.15) is 21.8 Å². The molecule has 9 heteroatoms. The van der Waals surface area contributed by atoms with Crippen LogP contribution in [0.15, 0.2) is 41.3 Å². The lowest BCUT2D eigenvalue weighted by Crippen LogP contribution is -2.42. The molecule has 0 radical (unpaired) electrons. The summed E-state index contributed by atoms with van der Waals surface area (Å²) in [6.07, 6.45) is 13.0. The fraction of sp³-hybridized carbons (Fsp3) is 0.360. The molecule has 34 heavy (non-hydrogen) atoms. The third kappa shape index (κ3) is 3.36. The normalized spacial score (nSPS) is 19.5. The number of piperidine rings is 1. The molecule has 4 aromatic rings. The minimum Gasteiger partial charge on any atom is -0.360 e. The molecule has 2 fully saturated rings. The average Bonchev–Trinajstić information content (AvgIpc) is 3.43. The summed E-state index contributed by atoms with van der Waals surface area (Å²) in [6.45, 7) is 2.00. The first-order valence-electron chi connectivity index (χ1n) is 11.6. The van der Waals surface area contributed by atoms with Gasteiger partial charge in [-0.05, 0) is 55.2 Å². The zero-order valence-electron chi connectivity index (χ0n) is 18.3. The summed E-state index contributed by atoms with van der Waals surface area (Å²) >= 11 is 14.7. The van der Waals surface area contributed by atoms with E-state index >= 15 is 0 Å². The van der Waals surface area contributed by atoms with Crippen molar-refractivity contribution in [3.63, 3.8) is 0 Å². The highest BCUT2D eigenvalue weighted by molar-refractivity contribution is 7.21. The molecule has 172 valence electrons. The Kier molecular flexibility index (Phi) is 4.76. The van der Waals surface area contributed by atoms with Crippen LogP contribution >= 0.6 is 34.5 Å². The Labute approximate surface area is 210 Å². The SMILES string of the molecule is Clc1cncc(Cl)c1-c1noc(C2CC2)c1C1=CC2(CCN(c3nc4cccnc4s3)CC2)C1. The van der Waals surface area contributed by atoms with Crippen molar-refractivity contribution in [1.82, 2.24) is 20.1 Å². The van der Waals surface area contributed by atoms with Gasteiger partial charge in [0.25, 0.3) is 0 Å². The molecular formula is C25H21Cl2N5OS. The molecule has 0 unspecified atom stereocenters. The fourth-order valence-electron chi connectivity index (χ4n) is 5.28. The zero-order valence-corrected chi connectivity index (χ0v) is 20.6. The largest absolute Gasteiger partial charge is 0.360 e. The lowest BCUT2D eigenvalue weighted by atomic mass is 9.63. The molecule has 1 saturated carbocycles. The Morgan fingerprint density at radius 2 is 1.85 bits per heavy atom. The van der Waals surface area contributed by atoms with Crippen LogP contribution in [0.25, 0.3) is 27.2 Å². The van der Waals surface area contributed by atoms with Crippen LogP contribution < -0.4 is 4.90 Å². The highest BCUT2D eigenvalue weighted by Gasteiger charge is 2.44. The van der Waals surface area contributed by atoms with Gasteiger partial charge < -0.3 is 9.42 Å². The van der Waals surface area contributed by atoms with Gasteiger partial charge in [-0.3, -0.25) is 4.98 Å². The van der Waals surface area contributed by atoms with E-state index < -0.39 is 0 Å². The minimum absolute atomic E-state index is 0.224. The van der Waals surface area contributed by atoms with Crippen LogP contribution in [0.2, 0.25) is 10.0 Å². The van der Waals surface area contributed by atoms with Gasteiger partial charge in [0.05, 0.1) is 10.0 Å². The molecule has 2 aliphatic carbocycles. The number of hydrogen-bond donors (Lipinski definition) is 0. The summed E-state index contributed by atoms with van der Waals surface area (Å²) < 4.78 is 5.87. The van der Waals surface area contributed by atoms with Crippen molar-refractivity contribution in [3.05, 3.63) is 58.2 Å². The van der Waals surface area contributed by atoms with Crippen LogP contribution in [-0.2, 0) is 0 Å². The van der Waals surface area contributed by atoms with Crippen LogP contribution in [0.5, 0.6) is 0 Å². The van der Waals surface area contributed by atoms with E-state index in [1.54, 1.807) is 23.7 Å². The van der Waals surface area contributed by atoms with E-state index in [1.165, 1.54) is 5.57 Å². The maximum Gasteiger partial charge on any atom is 0.187 e. The predicted octanol–water partition coefficient (Wildman–Crippen LogP) is 7.00. The van der Waals surface area contributed by atoms with Gasteiger partial charge in [-0.1, -0.05) is 45.8 Å². The highest BCUT2D eigenvalue weighted by atomic mass is 35.5. The van der Waals surface area contributed by atoms with Crippen LogP contribution in [0.3, 0.4) is 0 Å². The van der Waals surface area contributed by atoms with Crippen molar-refractivity contribution in [1.29, 1.82) is 0 Å². The third-order valence-electron chi connectivity index (χ3n) is 7.29. The average molecular weight is 510 g/mol. The molecule has 1 spiro atoms. The van der Waals surface area contributed by atoms with Crippen LogP contribution in [0.1, 0.15) is 49.3 Å². The summed E-state index contributed by atoms with van der Waals surface area (Å²) in [7, 11) is 0. The number of nitrogens with zero attached hydrogens (tertiary/aromatic N) is 5. The second kappa shape index (κ2) is 7.77. The first-order chi connectivity index (χ1) is 16.6. The third-order valence-corrected chi connectivity index (χ3v) is 8.90. The fourth-order valence-corrected chi connectivity index (χ4v) is 6.79. The molecule has 0 atom stereocenters. The molecule has 0 bridgehead atoms. The monoisotopic (exact) mass is 509 g/mol. The molecule has 1 saturated heterocycles. The number of pyridine rings is 2. The summed E-state index contributed by atoms with van der Waals surface area (Å²) in [5.41, 5.74) is 5.07. The molecular weight excluding hydrogens is 489 g/mol. The van der Waals surface area contributed by atoms with E-state index in [-0.39, 0.29) is 5.41 Å². The highest BCUT2D eigenvalue weighted by Crippen LogP contribution is 2.56. The van der Waals surface area contributed by atoms with Gasteiger partial charge >= 0.3 is 0 Å². The molecule has 3 aliphatic rings. The van der Waals surface area contributed by atoms with Gasteiger partial charge in [0.2, 0.25) is 0 Å². The number of allylic oxidation sites excluding steroid dienone is 2. The topological polar surface area (TPSA) is 67.9 Å². The molecule has 0 aromatic carbocycles. The predicted molar refractivity (Wildman–Crippen MR) is 136 cm³/mol. The summed E-state index contributed by atoms with van der Waals surface area (Å²) in [6, 6.07) is 3.98. The van der Waals surface area contributed by atoms with Crippen molar-refractivity contribution in [2.24, 2.45) is 5.41 Å². The van der Waals surface area contributed by atoms with Crippen LogP contribution in [0.4, 0.5) is 5.13 Å². The smallest absolute Gasteiger partial charge is 0.187 e. The number of anilines is 1. The second-order valence-electron chi connectivity index (χ2n) is 9.54. The molecule has 0 N–H and O–H groups in total. The number of aromatic nitrogens is 4. The van der Waals surface area contributed by atoms with Crippen molar-refractivity contribution in [2.45, 2.75) is 38.0 Å². The molecule has 1 aliphatic heterocycles. The van der Waals surface area contributed by atoms with Gasteiger partial charge in [-0.15, -0.1) is 0 Å². The molecule has 5 heterocycles. The second-order valence-corrected chi connectivity index (χ2v) is 11.3. The van der Waals surface area contributed by atoms with E-state index in [0.717, 1.165) is 77.7 Å². The number of rotatable bonds is 4. The molecule has 0 amide bonds. The van der Waals surface area contributed by atoms with Gasteiger partial charge in [-0.2, -0.15) is 0 Å². The van der Waals surface area contributed by atoms with E-state index in [4.69, 9.17) is 32.7 Å². The Balaban J connectivity index is 1.17. The summed E-state index contributed by atoms with van der Waals surface area (Å²) in [5, 5.41) is 6.52. The van der Waals surface area contributed by atoms with Crippen LogP contribution in [-0.4, -0.2) is 33.2 Å². The Bertz CT molecular complexity index is 1400. The maximum absolute atomic E-state index is 6.49. The molecule has 7 rings (SSSR count). The number of hydrogen-bond acceptors (Lipinski definition) is 7.